The van der Waals surface area contributed by atoms with Crippen LogP contribution in [0, 0.1) is 34.0 Å². The molecule has 0 N–H and O–H groups in total. The molecule has 6 unspecified atom stereocenters. The van der Waals surface area contributed by atoms with Crippen molar-refractivity contribution in [3.05, 3.63) is 0 Å². The van der Waals surface area contributed by atoms with Crippen LogP contribution < -0.4 is 0 Å². The number of esters is 1. The van der Waals surface area contributed by atoms with Crippen molar-refractivity contribution in [3.8, 4) is 0 Å². The molecule has 1 aliphatic carbocycles. The third-order valence-electron chi connectivity index (χ3n) is 8.09. The SMILES string of the molecule is CC1C(CC23COC4OC(=O)CC42[C@H](C(C)(C)C)CC3OC=O)OC[C@H]1C. The molecule has 4 fully saturated rings. The minimum atomic E-state index is -0.552. The highest BCUT2D eigenvalue weighted by atomic mass is 16.7. The Labute approximate surface area is 161 Å². The number of ether oxygens (including phenoxy) is 4. The summed E-state index contributed by atoms with van der Waals surface area (Å²) in [6.07, 6.45) is 1.03. The van der Waals surface area contributed by atoms with E-state index in [-0.39, 0.29) is 29.5 Å². The average Bonchev–Trinajstić information content (AvgIpc) is 3.23. The molecule has 8 atom stereocenters. The maximum atomic E-state index is 12.4. The van der Waals surface area contributed by atoms with Gasteiger partial charge in [0.1, 0.15) is 6.10 Å². The topological polar surface area (TPSA) is 71.1 Å². The van der Waals surface area contributed by atoms with Crippen molar-refractivity contribution in [2.24, 2.45) is 34.0 Å². The fraction of sp³-hybridized carbons (Fsp3) is 0.905. The third kappa shape index (κ3) is 2.52. The molecule has 4 aliphatic rings. The number of rotatable bonds is 4. The summed E-state index contributed by atoms with van der Waals surface area (Å²) < 4.78 is 23.5. The Balaban J connectivity index is 1.79. The smallest absolute Gasteiger partial charge is 0.308 e. The van der Waals surface area contributed by atoms with Crippen molar-refractivity contribution in [1.29, 1.82) is 0 Å². The van der Waals surface area contributed by atoms with Gasteiger partial charge in [0.25, 0.3) is 6.47 Å². The summed E-state index contributed by atoms with van der Waals surface area (Å²) >= 11 is 0. The van der Waals surface area contributed by atoms with E-state index in [1.165, 1.54) is 0 Å². The zero-order chi connectivity index (χ0) is 19.6. The molecule has 0 aromatic carbocycles. The second kappa shape index (κ2) is 6.18. The molecule has 3 saturated heterocycles. The third-order valence-corrected chi connectivity index (χ3v) is 8.09. The number of hydrogen-bond donors (Lipinski definition) is 0. The van der Waals surface area contributed by atoms with Crippen LogP contribution >= 0.6 is 0 Å². The summed E-state index contributed by atoms with van der Waals surface area (Å²) in [6.45, 7) is 12.7. The Morgan fingerprint density at radius 1 is 1.26 bits per heavy atom. The highest BCUT2D eigenvalue weighted by Gasteiger charge is 2.78. The molecule has 0 amide bonds. The zero-order valence-electron chi connectivity index (χ0n) is 17.0. The van der Waals surface area contributed by atoms with E-state index in [1.807, 2.05) is 0 Å². The molecule has 27 heavy (non-hydrogen) atoms. The Morgan fingerprint density at radius 2 is 2.00 bits per heavy atom. The largest absolute Gasteiger partial charge is 0.464 e. The molecule has 6 nitrogen and oxygen atoms in total. The molecular formula is C21H32O6. The molecule has 152 valence electrons. The van der Waals surface area contributed by atoms with Crippen molar-refractivity contribution in [3.63, 3.8) is 0 Å². The Morgan fingerprint density at radius 3 is 2.59 bits per heavy atom. The van der Waals surface area contributed by atoms with Crippen molar-refractivity contribution in [2.45, 2.75) is 72.4 Å². The molecule has 0 radical (unpaired) electrons. The van der Waals surface area contributed by atoms with Crippen LogP contribution in [0.3, 0.4) is 0 Å². The van der Waals surface area contributed by atoms with E-state index in [9.17, 15) is 9.59 Å². The van der Waals surface area contributed by atoms with E-state index in [4.69, 9.17) is 18.9 Å². The predicted octanol–water partition coefficient (Wildman–Crippen LogP) is 2.93. The fourth-order valence-electron chi connectivity index (χ4n) is 6.53. The molecule has 1 saturated carbocycles. The van der Waals surface area contributed by atoms with Gasteiger partial charge in [-0.2, -0.15) is 0 Å². The van der Waals surface area contributed by atoms with Crippen LogP contribution in [-0.2, 0) is 28.5 Å². The molecule has 0 bridgehead atoms. The lowest BCUT2D eigenvalue weighted by molar-refractivity contribution is -0.165. The molecule has 6 heteroatoms. The van der Waals surface area contributed by atoms with Gasteiger partial charge in [0.05, 0.1) is 24.5 Å². The number of carbonyl (C=O) groups is 2. The maximum Gasteiger partial charge on any atom is 0.308 e. The van der Waals surface area contributed by atoms with Crippen molar-refractivity contribution < 1.29 is 28.5 Å². The second-order valence-corrected chi connectivity index (χ2v) is 10.3. The normalized spacial score (nSPS) is 49.0. The van der Waals surface area contributed by atoms with E-state index in [2.05, 4.69) is 34.6 Å². The molecule has 3 aliphatic heterocycles. The second-order valence-electron chi connectivity index (χ2n) is 10.3. The molecule has 1 spiro atoms. The van der Waals surface area contributed by atoms with Crippen molar-refractivity contribution in [1.82, 2.24) is 0 Å². The van der Waals surface area contributed by atoms with Gasteiger partial charge in [-0.25, -0.2) is 0 Å². The van der Waals surface area contributed by atoms with Crippen LogP contribution in [0.25, 0.3) is 0 Å². The molecule has 4 rings (SSSR count). The minimum absolute atomic E-state index is 0.0678. The molecule has 0 aromatic heterocycles. The highest BCUT2D eigenvalue weighted by molar-refractivity contribution is 5.74. The van der Waals surface area contributed by atoms with Gasteiger partial charge in [-0.1, -0.05) is 34.6 Å². The van der Waals surface area contributed by atoms with Crippen LogP contribution in [0.15, 0.2) is 0 Å². The number of carbonyl (C=O) groups excluding carboxylic acids is 2. The van der Waals surface area contributed by atoms with Gasteiger partial charge >= 0.3 is 5.97 Å². The summed E-state index contributed by atoms with van der Waals surface area (Å²) in [5.41, 5.74) is -0.988. The van der Waals surface area contributed by atoms with Crippen molar-refractivity contribution in [2.75, 3.05) is 13.2 Å². The lowest BCUT2D eigenvalue weighted by Gasteiger charge is -2.46. The summed E-state index contributed by atoms with van der Waals surface area (Å²) in [6, 6.07) is 0. The van der Waals surface area contributed by atoms with Gasteiger partial charge in [-0.05, 0) is 36.0 Å². The first kappa shape index (κ1) is 19.2. The number of hydrogen-bond acceptors (Lipinski definition) is 6. The zero-order valence-corrected chi connectivity index (χ0v) is 17.0. The summed E-state index contributed by atoms with van der Waals surface area (Å²) in [5.74, 6) is 0.855. The molecular weight excluding hydrogens is 348 g/mol. The molecule has 3 heterocycles. The van der Waals surface area contributed by atoms with Crippen LogP contribution in [-0.4, -0.2) is 44.2 Å². The lowest BCUT2D eigenvalue weighted by Crippen LogP contribution is -2.51. The first-order chi connectivity index (χ1) is 12.7. The van der Waals surface area contributed by atoms with Gasteiger partial charge in [0.15, 0.2) is 0 Å². The monoisotopic (exact) mass is 380 g/mol. The lowest BCUT2D eigenvalue weighted by atomic mass is 9.55. The van der Waals surface area contributed by atoms with Crippen LogP contribution in [0.1, 0.15) is 53.9 Å². The van der Waals surface area contributed by atoms with Crippen LogP contribution in [0.4, 0.5) is 0 Å². The first-order valence-electron chi connectivity index (χ1n) is 10.2. The van der Waals surface area contributed by atoms with Crippen LogP contribution in [0.5, 0.6) is 0 Å². The van der Waals surface area contributed by atoms with E-state index >= 15 is 0 Å². The quantitative estimate of drug-likeness (QED) is 0.552. The summed E-state index contributed by atoms with van der Waals surface area (Å²) in [5, 5.41) is 0. The van der Waals surface area contributed by atoms with E-state index < -0.39 is 17.1 Å². The van der Waals surface area contributed by atoms with Gasteiger partial charge in [-0.3, -0.25) is 9.59 Å². The highest BCUT2D eigenvalue weighted by Crippen LogP contribution is 2.72. The average molecular weight is 380 g/mol. The molecule has 0 aromatic rings. The Kier molecular flexibility index (Phi) is 4.39. The van der Waals surface area contributed by atoms with Gasteiger partial charge in [0.2, 0.25) is 6.29 Å². The van der Waals surface area contributed by atoms with Gasteiger partial charge in [-0.15, -0.1) is 0 Å². The standard InChI is InChI=1S/C21H32O6/c1-12-9-24-14(13(12)2)7-20-10-25-18-21(20,8-17(23)27-18)15(19(3,4)5)6-16(20)26-11-22/h11-16,18H,6-10H2,1-5H3/t12-,13?,14?,15+,16?,18?,20?,21?/m1/s1. The Bertz CT molecular complexity index is 627. The van der Waals surface area contributed by atoms with E-state index in [0.29, 0.717) is 31.3 Å². The summed E-state index contributed by atoms with van der Waals surface area (Å²) in [7, 11) is 0. The first-order valence-corrected chi connectivity index (χ1v) is 10.2. The van der Waals surface area contributed by atoms with Crippen molar-refractivity contribution >= 4 is 12.4 Å². The van der Waals surface area contributed by atoms with E-state index in [0.717, 1.165) is 19.4 Å². The minimum Gasteiger partial charge on any atom is -0.464 e. The summed E-state index contributed by atoms with van der Waals surface area (Å²) in [4.78, 5) is 23.7. The maximum absolute atomic E-state index is 12.4. The van der Waals surface area contributed by atoms with Gasteiger partial charge in [0, 0.05) is 12.0 Å². The van der Waals surface area contributed by atoms with Gasteiger partial charge < -0.3 is 18.9 Å². The Hall–Kier alpha value is -1.14. The fourth-order valence-corrected chi connectivity index (χ4v) is 6.53. The predicted molar refractivity (Wildman–Crippen MR) is 96.5 cm³/mol. The van der Waals surface area contributed by atoms with E-state index in [1.54, 1.807) is 0 Å². The van der Waals surface area contributed by atoms with Crippen LogP contribution in [0.2, 0.25) is 0 Å².